The minimum Gasteiger partial charge on any atom is -0.368 e. The van der Waals surface area contributed by atoms with Gasteiger partial charge < -0.3 is 10.3 Å². The Morgan fingerprint density at radius 2 is 2.50 bits per heavy atom. The number of carbonyl (C=O) groups excluding carboxylic acids is 1. The lowest BCUT2D eigenvalue weighted by Gasteiger charge is -2.14. The number of imidazole rings is 1. The number of nitrogens with one attached hydrogen (secondary N) is 1. The van der Waals surface area contributed by atoms with Gasteiger partial charge in [0.1, 0.15) is 17.0 Å². The Balaban J connectivity index is 2.14. The number of carbonyl (C=O) groups is 1. The van der Waals surface area contributed by atoms with Crippen LogP contribution in [0.1, 0.15) is 16.7 Å². The first-order valence-electron chi connectivity index (χ1n) is 5.31. The van der Waals surface area contributed by atoms with Gasteiger partial charge in [0.05, 0.1) is 6.20 Å². The third-order valence-electron chi connectivity index (χ3n) is 2.57. The molecule has 1 amide bonds. The van der Waals surface area contributed by atoms with Gasteiger partial charge in [-0.15, -0.1) is 11.3 Å². The highest BCUT2D eigenvalue weighted by Gasteiger charge is 2.22. The smallest absolute Gasteiger partial charge is 0.242 e. The number of hydrogen-bond acceptors (Lipinski definition) is 4. The van der Waals surface area contributed by atoms with Crippen molar-refractivity contribution < 1.29 is 4.79 Å². The van der Waals surface area contributed by atoms with E-state index in [0.29, 0.717) is 17.5 Å². The molecule has 0 bridgehead atoms. The number of halogens is 1. The van der Waals surface area contributed by atoms with Crippen molar-refractivity contribution in [2.45, 2.75) is 12.6 Å². The van der Waals surface area contributed by atoms with Crippen molar-refractivity contribution in [2.75, 3.05) is 0 Å². The summed E-state index contributed by atoms with van der Waals surface area (Å²) in [4.78, 5) is 16.7. The van der Waals surface area contributed by atoms with Gasteiger partial charge in [0.2, 0.25) is 5.91 Å². The van der Waals surface area contributed by atoms with Crippen LogP contribution in [-0.2, 0) is 18.4 Å². The summed E-state index contributed by atoms with van der Waals surface area (Å²) in [5.41, 5.74) is 5.39. The van der Waals surface area contributed by atoms with E-state index in [1.807, 2.05) is 17.5 Å². The molecule has 2 heterocycles. The molecule has 0 fully saturated rings. The van der Waals surface area contributed by atoms with Crippen molar-refractivity contribution >= 4 is 28.8 Å². The van der Waals surface area contributed by atoms with Gasteiger partial charge in [0.15, 0.2) is 0 Å². The number of nitrogens with zero attached hydrogens (tertiary/aromatic N) is 2. The first-order valence-corrected chi connectivity index (χ1v) is 6.57. The molecule has 0 aromatic carbocycles. The Morgan fingerprint density at radius 1 is 1.72 bits per heavy atom. The molecule has 2 rings (SSSR count). The molecule has 0 aliphatic heterocycles. The monoisotopic (exact) mass is 284 g/mol. The van der Waals surface area contributed by atoms with Crippen molar-refractivity contribution in [1.29, 1.82) is 0 Å². The molecular formula is C11H13ClN4OS. The maximum absolute atomic E-state index is 11.5. The number of thiophene rings is 1. The van der Waals surface area contributed by atoms with Crippen LogP contribution in [0.5, 0.6) is 0 Å². The maximum Gasteiger partial charge on any atom is 0.242 e. The number of nitrogens with two attached hydrogens (primary N) is 1. The van der Waals surface area contributed by atoms with Crippen molar-refractivity contribution in [2.24, 2.45) is 12.8 Å². The van der Waals surface area contributed by atoms with Gasteiger partial charge in [-0.2, -0.15) is 0 Å². The highest BCUT2D eigenvalue weighted by atomic mass is 35.5. The van der Waals surface area contributed by atoms with E-state index in [-0.39, 0.29) is 0 Å². The van der Waals surface area contributed by atoms with Gasteiger partial charge in [-0.05, 0) is 11.4 Å². The van der Waals surface area contributed by atoms with Gasteiger partial charge in [-0.3, -0.25) is 10.1 Å². The topological polar surface area (TPSA) is 72.9 Å². The Hall–Kier alpha value is -1.37. The molecule has 0 radical (unpaired) electrons. The molecule has 0 aliphatic rings. The Labute approximate surface area is 114 Å². The molecule has 18 heavy (non-hydrogen) atoms. The van der Waals surface area contributed by atoms with E-state index in [9.17, 15) is 4.79 Å². The van der Waals surface area contributed by atoms with E-state index in [0.717, 1.165) is 4.88 Å². The second kappa shape index (κ2) is 5.51. The average molecular weight is 285 g/mol. The molecule has 2 aromatic heterocycles. The maximum atomic E-state index is 11.5. The van der Waals surface area contributed by atoms with Crippen molar-refractivity contribution in [3.8, 4) is 0 Å². The first kappa shape index (κ1) is 13.1. The lowest BCUT2D eigenvalue weighted by molar-refractivity contribution is -0.120. The molecule has 0 saturated heterocycles. The molecule has 0 aliphatic carbocycles. The summed E-state index contributed by atoms with van der Waals surface area (Å²) in [5.74, 6) is 0.0426. The van der Waals surface area contributed by atoms with Gasteiger partial charge in [0.25, 0.3) is 0 Å². The first-order chi connectivity index (χ1) is 8.59. The predicted octanol–water partition coefficient (Wildman–Crippen LogP) is 1.45. The fraction of sp³-hybridized carbons (Fsp3) is 0.273. The van der Waals surface area contributed by atoms with Crippen LogP contribution in [0.2, 0.25) is 5.15 Å². The van der Waals surface area contributed by atoms with E-state index in [2.05, 4.69) is 10.3 Å². The summed E-state index contributed by atoms with van der Waals surface area (Å²) in [6, 6.07) is 3.30. The molecule has 0 spiro atoms. The highest BCUT2D eigenvalue weighted by Crippen LogP contribution is 2.17. The van der Waals surface area contributed by atoms with E-state index in [1.165, 1.54) is 6.20 Å². The largest absolute Gasteiger partial charge is 0.368 e. The third kappa shape index (κ3) is 2.72. The van der Waals surface area contributed by atoms with Crippen LogP contribution in [0, 0.1) is 0 Å². The molecule has 7 heteroatoms. The van der Waals surface area contributed by atoms with Gasteiger partial charge >= 0.3 is 0 Å². The average Bonchev–Trinajstić information content (AvgIpc) is 2.93. The number of amides is 1. The van der Waals surface area contributed by atoms with Crippen molar-refractivity contribution in [3.63, 3.8) is 0 Å². The minimum absolute atomic E-state index is 0.467. The Bertz CT molecular complexity index is 537. The quantitative estimate of drug-likeness (QED) is 0.873. The van der Waals surface area contributed by atoms with E-state index >= 15 is 0 Å². The summed E-state index contributed by atoms with van der Waals surface area (Å²) in [5, 5.41) is 5.53. The highest BCUT2D eigenvalue weighted by molar-refractivity contribution is 7.09. The van der Waals surface area contributed by atoms with Gasteiger partial charge in [-0.25, -0.2) is 4.98 Å². The molecule has 96 valence electrons. The van der Waals surface area contributed by atoms with Crippen molar-refractivity contribution in [3.05, 3.63) is 39.6 Å². The Kier molecular flexibility index (Phi) is 4.00. The number of primary amides is 1. The van der Waals surface area contributed by atoms with Crippen molar-refractivity contribution in [1.82, 2.24) is 14.9 Å². The van der Waals surface area contributed by atoms with E-state index < -0.39 is 11.9 Å². The van der Waals surface area contributed by atoms with Crippen LogP contribution in [0.4, 0.5) is 0 Å². The molecule has 5 nitrogen and oxygen atoms in total. The summed E-state index contributed by atoms with van der Waals surface area (Å²) in [6.07, 6.45) is 1.50. The van der Waals surface area contributed by atoms with E-state index in [4.69, 9.17) is 17.3 Å². The molecule has 3 N–H and O–H groups in total. The lowest BCUT2D eigenvalue weighted by atomic mass is 10.2. The molecular weight excluding hydrogens is 272 g/mol. The van der Waals surface area contributed by atoms with E-state index in [1.54, 1.807) is 23.0 Å². The van der Waals surface area contributed by atoms with Crippen LogP contribution < -0.4 is 11.1 Å². The normalized spacial score (nSPS) is 12.6. The lowest BCUT2D eigenvalue weighted by Crippen LogP contribution is -2.35. The number of rotatable bonds is 5. The molecule has 1 atom stereocenters. The fourth-order valence-electron chi connectivity index (χ4n) is 1.61. The van der Waals surface area contributed by atoms with Gasteiger partial charge in [0, 0.05) is 18.5 Å². The third-order valence-corrected chi connectivity index (χ3v) is 3.80. The zero-order valence-electron chi connectivity index (χ0n) is 9.76. The summed E-state index contributed by atoms with van der Waals surface area (Å²) in [6.45, 7) is 0.565. The van der Waals surface area contributed by atoms with Crippen LogP contribution in [0.3, 0.4) is 0 Å². The predicted molar refractivity (Wildman–Crippen MR) is 71.3 cm³/mol. The zero-order valence-corrected chi connectivity index (χ0v) is 11.3. The SMILES string of the molecule is Cn1c(Cl)cnc1C(NCc1cccs1)C(N)=O. The Morgan fingerprint density at radius 3 is 3.00 bits per heavy atom. The standard InChI is InChI=1S/C11H13ClN4OS/c1-16-8(12)6-15-11(16)9(10(13)17)14-5-7-3-2-4-18-7/h2-4,6,9,14H,5H2,1H3,(H2,13,17). The van der Waals surface area contributed by atoms with Crippen LogP contribution in [0.25, 0.3) is 0 Å². The summed E-state index contributed by atoms with van der Waals surface area (Å²) in [7, 11) is 1.74. The molecule has 2 aromatic rings. The second-order valence-electron chi connectivity index (χ2n) is 3.79. The van der Waals surface area contributed by atoms with Crippen LogP contribution >= 0.6 is 22.9 Å². The number of hydrogen-bond donors (Lipinski definition) is 2. The molecule has 1 unspecified atom stereocenters. The fourth-order valence-corrected chi connectivity index (χ4v) is 2.40. The summed E-state index contributed by atoms with van der Waals surface area (Å²) >= 11 is 7.51. The zero-order chi connectivity index (χ0) is 13.1. The summed E-state index contributed by atoms with van der Waals surface area (Å²) < 4.78 is 1.64. The molecule has 0 saturated carbocycles. The minimum atomic E-state index is -0.649. The second-order valence-corrected chi connectivity index (χ2v) is 5.21. The van der Waals surface area contributed by atoms with Gasteiger partial charge in [-0.1, -0.05) is 17.7 Å². The van der Waals surface area contributed by atoms with Crippen LogP contribution in [0.15, 0.2) is 23.7 Å². The number of aromatic nitrogens is 2. The van der Waals surface area contributed by atoms with Crippen LogP contribution in [-0.4, -0.2) is 15.5 Å².